The number of carbonyl (C=O) groups is 1. The van der Waals surface area contributed by atoms with Gasteiger partial charge in [0.15, 0.2) is 0 Å². The Hall–Kier alpha value is -2.29. The van der Waals surface area contributed by atoms with Gasteiger partial charge >= 0.3 is 0 Å². The van der Waals surface area contributed by atoms with Crippen LogP contribution in [0, 0.1) is 18.8 Å². The Bertz CT molecular complexity index is 710. The molecule has 0 spiro atoms. The Balaban J connectivity index is 2.24. The summed E-state index contributed by atoms with van der Waals surface area (Å²) in [7, 11) is 1.54. The number of nitrogens with one attached hydrogen (secondary N) is 1. The third-order valence-corrected chi connectivity index (χ3v) is 3.75. The fraction of sp³-hybridized carbons (Fsp3) is 0.188. The SMILES string of the molecule is COc1ccsc1C(=O)Nc1cc(C#CCO)ccc1C. The van der Waals surface area contributed by atoms with Crippen LogP contribution >= 0.6 is 11.3 Å². The average molecular weight is 301 g/mol. The van der Waals surface area contributed by atoms with Gasteiger partial charge in [-0.2, -0.15) is 0 Å². The van der Waals surface area contributed by atoms with Crippen molar-refractivity contribution in [3.8, 4) is 17.6 Å². The van der Waals surface area contributed by atoms with E-state index >= 15 is 0 Å². The molecule has 2 N–H and O–H groups in total. The van der Waals surface area contributed by atoms with E-state index in [9.17, 15) is 4.79 Å². The summed E-state index contributed by atoms with van der Waals surface area (Å²) in [6.07, 6.45) is 0. The molecule has 5 heteroatoms. The number of aliphatic hydroxyl groups is 1. The maximum atomic E-state index is 12.3. The van der Waals surface area contributed by atoms with Crippen LogP contribution in [-0.4, -0.2) is 24.7 Å². The van der Waals surface area contributed by atoms with E-state index in [-0.39, 0.29) is 12.5 Å². The summed E-state index contributed by atoms with van der Waals surface area (Å²) in [5, 5.41) is 13.4. The lowest BCUT2D eigenvalue weighted by Crippen LogP contribution is -2.12. The summed E-state index contributed by atoms with van der Waals surface area (Å²) >= 11 is 1.33. The van der Waals surface area contributed by atoms with Crippen molar-refractivity contribution in [1.29, 1.82) is 0 Å². The van der Waals surface area contributed by atoms with Gasteiger partial charge in [0.05, 0.1) is 7.11 Å². The molecule has 0 saturated carbocycles. The Labute approximate surface area is 127 Å². The molecule has 2 rings (SSSR count). The smallest absolute Gasteiger partial charge is 0.269 e. The van der Waals surface area contributed by atoms with Gasteiger partial charge in [-0.05, 0) is 36.1 Å². The number of aliphatic hydroxyl groups excluding tert-OH is 1. The van der Waals surface area contributed by atoms with Crippen LogP contribution in [-0.2, 0) is 0 Å². The fourth-order valence-corrected chi connectivity index (χ4v) is 2.53. The topological polar surface area (TPSA) is 58.6 Å². The predicted molar refractivity (Wildman–Crippen MR) is 84.0 cm³/mol. The number of ether oxygens (including phenoxy) is 1. The molecule has 0 bridgehead atoms. The second kappa shape index (κ2) is 6.93. The summed E-state index contributed by atoms with van der Waals surface area (Å²) in [4.78, 5) is 12.8. The first-order chi connectivity index (χ1) is 10.2. The van der Waals surface area contributed by atoms with E-state index < -0.39 is 0 Å². The van der Waals surface area contributed by atoms with Gasteiger partial charge in [-0.1, -0.05) is 17.9 Å². The lowest BCUT2D eigenvalue weighted by Gasteiger charge is -2.09. The second-order valence-electron chi connectivity index (χ2n) is 4.26. The number of thiophene rings is 1. The Morgan fingerprint density at radius 3 is 2.95 bits per heavy atom. The third kappa shape index (κ3) is 3.63. The van der Waals surface area contributed by atoms with Crippen molar-refractivity contribution < 1.29 is 14.6 Å². The number of benzene rings is 1. The highest BCUT2D eigenvalue weighted by molar-refractivity contribution is 7.12. The van der Waals surface area contributed by atoms with E-state index in [1.165, 1.54) is 18.4 Å². The van der Waals surface area contributed by atoms with Crippen LogP contribution in [0.25, 0.3) is 0 Å². The van der Waals surface area contributed by atoms with Crippen molar-refractivity contribution in [2.24, 2.45) is 0 Å². The molecule has 0 atom stereocenters. The normalized spacial score (nSPS) is 9.67. The fourth-order valence-electron chi connectivity index (χ4n) is 1.78. The Morgan fingerprint density at radius 1 is 1.43 bits per heavy atom. The van der Waals surface area contributed by atoms with Crippen LogP contribution in [0.5, 0.6) is 5.75 Å². The van der Waals surface area contributed by atoms with Crippen LogP contribution in [0.15, 0.2) is 29.6 Å². The maximum Gasteiger partial charge on any atom is 0.269 e. The zero-order valence-corrected chi connectivity index (χ0v) is 12.6. The average Bonchev–Trinajstić information content (AvgIpc) is 2.96. The summed E-state index contributed by atoms with van der Waals surface area (Å²) < 4.78 is 5.15. The molecule has 1 heterocycles. The highest BCUT2D eigenvalue weighted by Crippen LogP contribution is 2.26. The highest BCUT2D eigenvalue weighted by Gasteiger charge is 2.14. The molecule has 108 valence electrons. The van der Waals surface area contributed by atoms with E-state index in [1.54, 1.807) is 12.1 Å². The van der Waals surface area contributed by atoms with Gasteiger partial charge in [-0.3, -0.25) is 4.79 Å². The number of aryl methyl sites for hydroxylation is 1. The Morgan fingerprint density at radius 2 is 2.24 bits per heavy atom. The molecule has 2 aromatic rings. The van der Waals surface area contributed by atoms with E-state index in [0.717, 1.165) is 11.1 Å². The number of hydrogen-bond donors (Lipinski definition) is 2. The lowest BCUT2D eigenvalue weighted by atomic mass is 10.1. The standard InChI is InChI=1S/C16H15NO3S/c1-11-5-6-12(4-3-8-18)10-13(11)17-16(19)15-14(20-2)7-9-21-15/h5-7,9-10,18H,8H2,1-2H3,(H,17,19). The molecule has 0 saturated heterocycles. The van der Waals surface area contributed by atoms with Crippen molar-refractivity contribution in [2.75, 3.05) is 19.0 Å². The van der Waals surface area contributed by atoms with E-state index in [4.69, 9.17) is 9.84 Å². The van der Waals surface area contributed by atoms with Crippen LogP contribution in [0.1, 0.15) is 20.8 Å². The van der Waals surface area contributed by atoms with Crippen molar-refractivity contribution in [3.63, 3.8) is 0 Å². The first kappa shape index (κ1) is 15.1. The van der Waals surface area contributed by atoms with Crippen molar-refractivity contribution in [3.05, 3.63) is 45.6 Å². The maximum absolute atomic E-state index is 12.3. The molecule has 4 nitrogen and oxygen atoms in total. The monoisotopic (exact) mass is 301 g/mol. The van der Waals surface area contributed by atoms with Gasteiger partial charge in [0.2, 0.25) is 0 Å². The predicted octanol–water partition coefficient (Wildman–Crippen LogP) is 2.66. The number of carbonyl (C=O) groups excluding carboxylic acids is 1. The molecular weight excluding hydrogens is 286 g/mol. The van der Waals surface area contributed by atoms with Gasteiger partial charge < -0.3 is 15.2 Å². The number of rotatable bonds is 3. The number of anilines is 1. The molecule has 0 unspecified atom stereocenters. The Kier molecular flexibility index (Phi) is 4.99. The molecule has 0 aliphatic rings. The minimum atomic E-state index is -0.211. The van der Waals surface area contributed by atoms with Gasteiger partial charge in [0, 0.05) is 11.3 Å². The van der Waals surface area contributed by atoms with Crippen LogP contribution < -0.4 is 10.1 Å². The third-order valence-electron chi connectivity index (χ3n) is 2.85. The molecule has 21 heavy (non-hydrogen) atoms. The van der Waals surface area contributed by atoms with Gasteiger partial charge in [0.1, 0.15) is 17.2 Å². The zero-order valence-electron chi connectivity index (χ0n) is 11.8. The molecular formula is C16H15NO3S. The minimum absolute atomic E-state index is 0.192. The molecule has 0 aliphatic heterocycles. The van der Waals surface area contributed by atoms with Crippen LogP contribution in [0.3, 0.4) is 0 Å². The molecule has 0 radical (unpaired) electrons. The lowest BCUT2D eigenvalue weighted by molar-refractivity contribution is 0.102. The molecule has 1 aromatic heterocycles. The van der Waals surface area contributed by atoms with Crippen LogP contribution in [0.4, 0.5) is 5.69 Å². The van der Waals surface area contributed by atoms with Gasteiger partial charge in [-0.15, -0.1) is 11.3 Å². The van der Waals surface area contributed by atoms with Crippen molar-refractivity contribution in [1.82, 2.24) is 0 Å². The summed E-state index contributed by atoms with van der Waals surface area (Å²) in [5.41, 5.74) is 2.37. The highest BCUT2D eigenvalue weighted by atomic mass is 32.1. The van der Waals surface area contributed by atoms with Gasteiger partial charge in [-0.25, -0.2) is 0 Å². The molecule has 0 aliphatic carbocycles. The largest absolute Gasteiger partial charge is 0.495 e. The van der Waals surface area contributed by atoms with E-state index in [1.807, 2.05) is 24.4 Å². The quantitative estimate of drug-likeness (QED) is 0.857. The number of methoxy groups -OCH3 is 1. The van der Waals surface area contributed by atoms with E-state index in [0.29, 0.717) is 16.3 Å². The summed E-state index contributed by atoms with van der Waals surface area (Å²) in [6.45, 7) is 1.71. The van der Waals surface area contributed by atoms with Crippen molar-refractivity contribution in [2.45, 2.75) is 6.92 Å². The van der Waals surface area contributed by atoms with E-state index in [2.05, 4.69) is 17.2 Å². The van der Waals surface area contributed by atoms with Crippen molar-refractivity contribution >= 4 is 22.9 Å². The minimum Gasteiger partial charge on any atom is -0.495 e. The molecule has 1 amide bonds. The summed E-state index contributed by atoms with van der Waals surface area (Å²) in [5.74, 6) is 5.75. The summed E-state index contributed by atoms with van der Waals surface area (Å²) in [6, 6.07) is 7.27. The number of hydrogen-bond acceptors (Lipinski definition) is 4. The number of amides is 1. The first-order valence-electron chi connectivity index (χ1n) is 6.29. The molecule has 1 aromatic carbocycles. The second-order valence-corrected chi connectivity index (χ2v) is 5.18. The van der Waals surface area contributed by atoms with Gasteiger partial charge in [0.25, 0.3) is 5.91 Å². The van der Waals surface area contributed by atoms with Crippen LogP contribution in [0.2, 0.25) is 0 Å². The molecule has 0 fully saturated rings. The zero-order chi connectivity index (χ0) is 15.2. The first-order valence-corrected chi connectivity index (χ1v) is 7.17.